The molecule has 0 heterocycles. The molecule has 0 rings (SSSR count). The Morgan fingerprint density at radius 1 is 0.875 bits per heavy atom. The van der Waals surface area contributed by atoms with Crippen molar-refractivity contribution >= 4 is 0 Å². The summed E-state index contributed by atoms with van der Waals surface area (Å²) < 4.78 is 0. The van der Waals surface area contributed by atoms with Gasteiger partial charge in [-0.05, 0) is 0 Å². The van der Waals surface area contributed by atoms with E-state index >= 15 is 0 Å². The van der Waals surface area contributed by atoms with Crippen molar-refractivity contribution < 1.29 is 53.8 Å². The Labute approximate surface area is 94.3 Å². The van der Waals surface area contributed by atoms with Crippen molar-refractivity contribution in [3.05, 3.63) is 20.8 Å². The summed E-state index contributed by atoms with van der Waals surface area (Å²) in [4.78, 5) is 0. The van der Waals surface area contributed by atoms with Gasteiger partial charge in [0.25, 0.3) is 0 Å². The first-order valence-corrected chi connectivity index (χ1v) is 1.50. The second-order valence-electron chi connectivity index (χ2n) is 1.50. The Hall–Kier alpha value is 1.79. The van der Waals surface area contributed by atoms with E-state index in [0.29, 0.717) is 0 Å². The molecule has 0 fully saturated rings. The van der Waals surface area contributed by atoms with Crippen LogP contribution in [0, 0.1) is 20.8 Å². The van der Waals surface area contributed by atoms with Gasteiger partial charge < -0.3 is 20.8 Å². The smallest absolute Gasteiger partial charge is 0 e. The topological polar surface area (TPSA) is 0 Å². The second kappa shape index (κ2) is 23.2. The first-order chi connectivity index (χ1) is 1.73. The Balaban J connectivity index is -0.00000000750. The number of hydrogen-bond donors (Lipinski definition) is 0. The minimum Gasteiger partial charge on any atom is -0.358 e. The zero-order valence-corrected chi connectivity index (χ0v) is 12.3. The predicted octanol–water partition coefficient (Wildman–Crippen LogP) is 2.52. The van der Waals surface area contributed by atoms with E-state index in [-0.39, 0.29) is 68.6 Å². The molecule has 51 valence electrons. The predicted molar refractivity (Wildman–Crippen MR) is 33.1 cm³/mol. The molecular weight excluding hydrogens is 345 g/mol. The molecule has 0 saturated heterocycles. The van der Waals surface area contributed by atoms with Crippen LogP contribution in [0.25, 0.3) is 0 Å². The van der Waals surface area contributed by atoms with Crippen LogP contribution in [-0.4, -0.2) is 0 Å². The van der Waals surface area contributed by atoms with Gasteiger partial charge in [-0.1, -0.05) is 0 Å². The molecule has 0 bridgehead atoms. The summed E-state index contributed by atoms with van der Waals surface area (Å²) in [7, 11) is 0. The zero-order valence-electron chi connectivity index (χ0n) is 6.49. The molecule has 0 aromatic heterocycles. The zero-order chi connectivity index (χ0) is 3.58. The fraction of sp³-hybridized carbons (Fsp3) is 0.500. The molecule has 0 saturated carbocycles. The van der Waals surface area contributed by atoms with Crippen LogP contribution in [0.3, 0.4) is 0 Å². The minimum absolute atomic E-state index is 0. The van der Waals surface area contributed by atoms with Gasteiger partial charge in [-0.2, -0.15) is 20.8 Å². The molecule has 0 aliphatic rings. The molecule has 1 radical (unpaired) electrons. The van der Waals surface area contributed by atoms with Crippen LogP contribution in [0.1, 0.15) is 20.8 Å². The van der Waals surface area contributed by atoms with Crippen molar-refractivity contribution in [3.8, 4) is 0 Å². The molecule has 8 heavy (non-hydrogen) atoms. The fourth-order valence-electron chi connectivity index (χ4n) is 0. The molecule has 0 aliphatic carbocycles. The molecule has 0 aliphatic heterocycles. The minimum atomic E-state index is 0. The van der Waals surface area contributed by atoms with Crippen LogP contribution >= 0.6 is 0 Å². The van der Waals surface area contributed by atoms with Gasteiger partial charge in [-0.25, -0.2) is 0 Å². The van der Waals surface area contributed by atoms with E-state index in [1.807, 2.05) is 0 Å². The monoisotopic (exact) mass is 360 g/mol. The maximum absolute atomic E-state index is 2.08. The van der Waals surface area contributed by atoms with Crippen LogP contribution in [0.15, 0.2) is 0 Å². The maximum Gasteiger partial charge on any atom is 0 e. The molecule has 0 aromatic carbocycles. The van der Waals surface area contributed by atoms with Crippen molar-refractivity contribution in [2.75, 3.05) is 0 Å². The van der Waals surface area contributed by atoms with E-state index in [2.05, 4.69) is 20.8 Å². The van der Waals surface area contributed by atoms with Crippen molar-refractivity contribution in [1.29, 1.82) is 0 Å². The third kappa shape index (κ3) is 112. The Bertz CT molecular complexity index is 13.2. The Morgan fingerprint density at radius 3 is 0.875 bits per heavy atom. The number of rotatable bonds is 0. The van der Waals surface area contributed by atoms with E-state index < -0.39 is 0 Å². The van der Waals surface area contributed by atoms with Crippen LogP contribution in [0.4, 0.5) is 0 Å². The van der Waals surface area contributed by atoms with Gasteiger partial charge in [-0.3, -0.25) is 0 Å². The summed E-state index contributed by atoms with van der Waals surface area (Å²) in [6.45, 7) is 6.25. The van der Waals surface area contributed by atoms with Gasteiger partial charge in [-0.15, -0.1) is 0 Å². The first-order valence-electron chi connectivity index (χ1n) is 1.50. The van der Waals surface area contributed by atoms with Gasteiger partial charge in [0.05, 0.1) is 0 Å². The van der Waals surface area contributed by atoms with Crippen molar-refractivity contribution in [1.82, 2.24) is 0 Å². The quantitative estimate of drug-likeness (QED) is 0.583. The Kier molecular flexibility index (Phi) is 95.8. The Morgan fingerprint density at radius 2 is 0.875 bits per heavy atom. The maximum atomic E-state index is 2.08. The van der Waals surface area contributed by atoms with E-state index in [1.54, 1.807) is 0 Å². The van der Waals surface area contributed by atoms with Gasteiger partial charge in [0.1, 0.15) is 0 Å². The van der Waals surface area contributed by atoms with Crippen LogP contribution < -0.4 is 0 Å². The number of hydrogen-bond acceptors (Lipinski definition) is 0. The van der Waals surface area contributed by atoms with Crippen LogP contribution in [0.5, 0.6) is 0 Å². The largest absolute Gasteiger partial charge is 0.358 e. The van der Waals surface area contributed by atoms with Crippen LogP contribution in [-0.2, 0) is 53.8 Å². The van der Waals surface area contributed by atoms with Gasteiger partial charge in [0.15, 0.2) is 0 Å². The SMILES string of the molecule is C[C-](C)C.[CH3-].[CH3-].[W].[Y]. The molecule has 0 spiro atoms. The van der Waals surface area contributed by atoms with Crippen molar-refractivity contribution in [3.63, 3.8) is 0 Å². The fourth-order valence-corrected chi connectivity index (χ4v) is 0. The third-order valence-corrected chi connectivity index (χ3v) is 0. The van der Waals surface area contributed by atoms with E-state index in [1.165, 1.54) is 5.92 Å². The summed E-state index contributed by atoms with van der Waals surface area (Å²) in [6.07, 6.45) is 0. The standard InChI is InChI=1S/C4H9.2CH3.W.Y/c1-4(2)3;;;;/h1-3H3;2*1H3;;/q3*-1;;. The van der Waals surface area contributed by atoms with Gasteiger partial charge in [0.2, 0.25) is 0 Å². The van der Waals surface area contributed by atoms with Crippen molar-refractivity contribution in [2.24, 2.45) is 0 Å². The normalized spacial score (nSPS) is 4.50. The summed E-state index contributed by atoms with van der Waals surface area (Å²) in [6, 6.07) is 0. The summed E-state index contributed by atoms with van der Waals surface area (Å²) in [5.41, 5.74) is 0. The third-order valence-electron chi connectivity index (χ3n) is 0. The summed E-state index contributed by atoms with van der Waals surface area (Å²) in [5, 5.41) is 0. The summed E-state index contributed by atoms with van der Waals surface area (Å²) in [5.74, 6) is 1.42. The van der Waals surface area contributed by atoms with E-state index in [4.69, 9.17) is 0 Å². The average Bonchev–Trinajstić information content (AvgIpc) is 0.811. The molecule has 0 atom stereocenters. The van der Waals surface area contributed by atoms with E-state index in [9.17, 15) is 0 Å². The molecule has 0 amide bonds. The molecule has 0 nitrogen and oxygen atoms in total. The average molecular weight is 360 g/mol. The molecular formula is C6H15WY-3. The van der Waals surface area contributed by atoms with Gasteiger partial charge in [0, 0.05) is 53.8 Å². The first kappa shape index (κ1) is 33.0. The second-order valence-corrected chi connectivity index (χ2v) is 1.50. The molecule has 0 N–H and O–H groups in total. The molecule has 2 heteroatoms. The summed E-state index contributed by atoms with van der Waals surface area (Å²) >= 11 is 0. The molecule has 0 aromatic rings. The van der Waals surface area contributed by atoms with Gasteiger partial charge >= 0.3 is 0 Å². The van der Waals surface area contributed by atoms with E-state index in [0.717, 1.165) is 0 Å². The molecule has 0 unspecified atom stereocenters. The van der Waals surface area contributed by atoms with Crippen LogP contribution in [0.2, 0.25) is 0 Å². The van der Waals surface area contributed by atoms with Crippen molar-refractivity contribution in [2.45, 2.75) is 20.8 Å².